The van der Waals surface area contributed by atoms with Gasteiger partial charge in [-0.3, -0.25) is 14.6 Å². The fourth-order valence-electron chi connectivity index (χ4n) is 2.53. The molecule has 2 rings (SSSR count). The quantitative estimate of drug-likeness (QED) is 0.930. The van der Waals surface area contributed by atoms with Crippen molar-refractivity contribution in [1.29, 1.82) is 0 Å². The first-order chi connectivity index (χ1) is 10.6. The van der Waals surface area contributed by atoms with Crippen molar-refractivity contribution in [2.45, 2.75) is 52.0 Å². The SMILES string of the molecule is CCC(C)NC(=O)c1ccnc(C(=O)N2CCCCCC2)c1. The van der Waals surface area contributed by atoms with Crippen LogP contribution in [0.25, 0.3) is 0 Å². The number of carbonyl (C=O) groups is 2. The van der Waals surface area contributed by atoms with Crippen molar-refractivity contribution in [3.63, 3.8) is 0 Å². The van der Waals surface area contributed by atoms with E-state index in [2.05, 4.69) is 10.3 Å². The maximum Gasteiger partial charge on any atom is 0.272 e. The molecular formula is C17H25N3O2. The van der Waals surface area contributed by atoms with Crippen LogP contribution in [0.2, 0.25) is 0 Å². The molecule has 0 radical (unpaired) electrons. The zero-order chi connectivity index (χ0) is 15.9. The molecule has 1 saturated heterocycles. The van der Waals surface area contributed by atoms with Gasteiger partial charge in [0, 0.05) is 30.9 Å². The Hall–Kier alpha value is -1.91. The van der Waals surface area contributed by atoms with Crippen molar-refractivity contribution in [3.05, 3.63) is 29.6 Å². The predicted octanol–water partition coefficient (Wildman–Crippen LogP) is 2.63. The maximum atomic E-state index is 12.5. The first-order valence-electron chi connectivity index (χ1n) is 8.18. The third kappa shape index (κ3) is 4.29. The lowest BCUT2D eigenvalue weighted by molar-refractivity contribution is 0.0755. The van der Waals surface area contributed by atoms with Gasteiger partial charge in [-0.15, -0.1) is 0 Å². The molecule has 120 valence electrons. The summed E-state index contributed by atoms with van der Waals surface area (Å²) >= 11 is 0. The number of amides is 2. The highest BCUT2D eigenvalue weighted by atomic mass is 16.2. The molecule has 0 saturated carbocycles. The Labute approximate surface area is 132 Å². The highest BCUT2D eigenvalue weighted by molar-refractivity contribution is 5.98. The fourth-order valence-corrected chi connectivity index (χ4v) is 2.53. The van der Waals surface area contributed by atoms with Crippen LogP contribution in [-0.4, -0.2) is 40.8 Å². The second kappa shape index (κ2) is 7.92. The summed E-state index contributed by atoms with van der Waals surface area (Å²) in [5.74, 6) is -0.221. The van der Waals surface area contributed by atoms with Crippen molar-refractivity contribution in [1.82, 2.24) is 15.2 Å². The summed E-state index contributed by atoms with van der Waals surface area (Å²) in [6.07, 6.45) is 6.84. The molecule has 5 nitrogen and oxygen atoms in total. The third-order valence-corrected chi connectivity index (χ3v) is 4.12. The van der Waals surface area contributed by atoms with E-state index in [0.717, 1.165) is 32.4 Å². The summed E-state index contributed by atoms with van der Waals surface area (Å²) < 4.78 is 0. The van der Waals surface area contributed by atoms with E-state index in [1.807, 2.05) is 18.7 Å². The van der Waals surface area contributed by atoms with Crippen molar-refractivity contribution >= 4 is 11.8 Å². The van der Waals surface area contributed by atoms with Gasteiger partial charge < -0.3 is 10.2 Å². The summed E-state index contributed by atoms with van der Waals surface area (Å²) in [6, 6.07) is 3.37. The van der Waals surface area contributed by atoms with E-state index in [4.69, 9.17) is 0 Å². The van der Waals surface area contributed by atoms with Crippen LogP contribution in [0.3, 0.4) is 0 Å². The first kappa shape index (κ1) is 16.5. The minimum Gasteiger partial charge on any atom is -0.350 e. The Kier molecular flexibility index (Phi) is 5.92. The number of aromatic nitrogens is 1. The number of likely N-dealkylation sites (tertiary alicyclic amines) is 1. The van der Waals surface area contributed by atoms with Gasteiger partial charge in [-0.1, -0.05) is 19.8 Å². The molecule has 0 bridgehead atoms. The van der Waals surface area contributed by atoms with Crippen LogP contribution < -0.4 is 5.32 Å². The number of hydrogen-bond donors (Lipinski definition) is 1. The van der Waals surface area contributed by atoms with E-state index in [1.54, 1.807) is 12.1 Å². The summed E-state index contributed by atoms with van der Waals surface area (Å²) in [4.78, 5) is 30.7. The van der Waals surface area contributed by atoms with Gasteiger partial charge in [0.2, 0.25) is 0 Å². The topological polar surface area (TPSA) is 62.3 Å². The normalized spacial score (nSPS) is 16.7. The highest BCUT2D eigenvalue weighted by Gasteiger charge is 2.19. The van der Waals surface area contributed by atoms with Gasteiger partial charge in [0.1, 0.15) is 5.69 Å². The molecule has 1 unspecified atom stereocenters. The molecule has 1 N–H and O–H groups in total. The van der Waals surface area contributed by atoms with Gasteiger partial charge in [-0.25, -0.2) is 0 Å². The predicted molar refractivity (Wildman–Crippen MR) is 85.8 cm³/mol. The number of rotatable bonds is 4. The number of pyridine rings is 1. The lowest BCUT2D eigenvalue weighted by atomic mass is 10.1. The minimum absolute atomic E-state index is 0.0694. The summed E-state index contributed by atoms with van der Waals surface area (Å²) in [5.41, 5.74) is 0.854. The molecule has 1 aliphatic rings. The molecule has 2 amide bonds. The van der Waals surface area contributed by atoms with E-state index >= 15 is 0 Å². The van der Waals surface area contributed by atoms with Gasteiger partial charge in [0.15, 0.2) is 0 Å². The highest BCUT2D eigenvalue weighted by Crippen LogP contribution is 2.13. The molecule has 0 spiro atoms. The van der Waals surface area contributed by atoms with Gasteiger partial charge in [0.25, 0.3) is 11.8 Å². The molecule has 1 atom stereocenters. The van der Waals surface area contributed by atoms with E-state index in [0.29, 0.717) is 11.3 Å². The van der Waals surface area contributed by atoms with E-state index < -0.39 is 0 Å². The maximum absolute atomic E-state index is 12.5. The lowest BCUT2D eigenvalue weighted by Crippen LogP contribution is -2.34. The molecule has 0 aromatic carbocycles. The van der Waals surface area contributed by atoms with Crippen LogP contribution in [0.1, 0.15) is 66.8 Å². The summed E-state index contributed by atoms with van der Waals surface area (Å²) in [5, 5.41) is 2.91. The zero-order valence-electron chi connectivity index (χ0n) is 13.5. The molecule has 1 aromatic rings. The molecule has 1 fully saturated rings. The largest absolute Gasteiger partial charge is 0.350 e. The molecule has 5 heteroatoms. The van der Waals surface area contributed by atoms with Gasteiger partial charge >= 0.3 is 0 Å². The van der Waals surface area contributed by atoms with E-state index in [9.17, 15) is 9.59 Å². The molecule has 1 aliphatic heterocycles. The van der Waals surface area contributed by atoms with Crippen LogP contribution >= 0.6 is 0 Å². The van der Waals surface area contributed by atoms with E-state index in [1.165, 1.54) is 19.0 Å². The Balaban J connectivity index is 2.09. The number of nitrogens with one attached hydrogen (secondary N) is 1. The van der Waals surface area contributed by atoms with Gasteiger partial charge in [-0.05, 0) is 38.3 Å². The molecule has 0 aliphatic carbocycles. The minimum atomic E-state index is -0.151. The van der Waals surface area contributed by atoms with E-state index in [-0.39, 0.29) is 17.9 Å². The van der Waals surface area contributed by atoms with Gasteiger partial charge in [0.05, 0.1) is 0 Å². The average molecular weight is 303 g/mol. The fraction of sp³-hybridized carbons (Fsp3) is 0.588. The Bertz CT molecular complexity index is 522. The van der Waals surface area contributed by atoms with Crippen molar-refractivity contribution < 1.29 is 9.59 Å². The summed E-state index contributed by atoms with van der Waals surface area (Å²) in [6.45, 7) is 5.54. The first-order valence-corrected chi connectivity index (χ1v) is 8.18. The standard InChI is InChI=1S/C17H25N3O2/c1-3-13(2)19-16(21)14-8-9-18-15(12-14)17(22)20-10-6-4-5-7-11-20/h8-9,12-13H,3-7,10-11H2,1-2H3,(H,19,21). The Morgan fingerprint density at radius 2 is 1.95 bits per heavy atom. The number of carbonyl (C=O) groups excluding carboxylic acids is 2. The average Bonchev–Trinajstić information content (AvgIpc) is 2.83. The molecule has 2 heterocycles. The Morgan fingerprint density at radius 1 is 1.27 bits per heavy atom. The molecule has 22 heavy (non-hydrogen) atoms. The molecule has 1 aromatic heterocycles. The van der Waals surface area contributed by atoms with Crippen LogP contribution in [0.15, 0.2) is 18.3 Å². The number of hydrogen-bond acceptors (Lipinski definition) is 3. The van der Waals surface area contributed by atoms with Crippen molar-refractivity contribution in [2.24, 2.45) is 0 Å². The number of nitrogens with zero attached hydrogens (tertiary/aromatic N) is 2. The van der Waals surface area contributed by atoms with Crippen LogP contribution in [-0.2, 0) is 0 Å². The van der Waals surface area contributed by atoms with Gasteiger partial charge in [-0.2, -0.15) is 0 Å². The Morgan fingerprint density at radius 3 is 2.59 bits per heavy atom. The van der Waals surface area contributed by atoms with Crippen LogP contribution in [0.5, 0.6) is 0 Å². The zero-order valence-corrected chi connectivity index (χ0v) is 13.5. The van der Waals surface area contributed by atoms with Crippen LogP contribution in [0, 0.1) is 0 Å². The second-order valence-corrected chi connectivity index (χ2v) is 5.92. The monoisotopic (exact) mass is 303 g/mol. The second-order valence-electron chi connectivity index (χ2n) is 5.92. The van der Waals surface area contributed by atoms with Crippen LogP contribution in [0.4, 0.5) is 0 Å². The van der Waals surface area contributed by atoms with Crippen molar-refractivity contribution in [3.8, 4) is 0 Å². The smallest absolute Gasteiger partial charge is 0.272 e. The van der Waals surface area contributed by atoms with Crippen molar-refractivity contribution in [2.75, 3.05) is 13.1 Å². The molecular weight excluding hydrogens is 278 g/mol. The summed E-state index contributed by atoms with van der Waals surface area (Å²) in [7, 11) is 0. The lowest BCUT2D eigenvalue weighted by Gasteiger charge is -2.20. The third-order valence-electron chi connectivity index (χ3n) is 4.12.